The van der Waals surface area contributed by atoms with E-state index in [9.17, 15) is 9.90 Å². The van der Waals surface area contributed by atoms with Crippen LogP contribution in [0.4, 0.5) is 0 Å². The lowest BCUT2D eigenvalue weighted by Crippen LogP contribution is -2.11. The maximum Gasteiger partial charge on any atom is 0.352 e. The normalized spacial score (nSPS) is 20.1. The van der Waals surface area contributed by atoms with Crippen LogP contribution >= 0.6 is 11.8 Å². The van der Waals surface area contributed by atoms with Gasteiger partial charge in [-0.15, -0.1) is 10.2 Å². The molecule has 6 heteroatoms. The second-order valence-corrected chi connectivity index (χ2v) is 5.63. The second kappa shape index (κ2) is 4.61. The first kappa shape index (κ1) is 11.5. The highest BCUT2D eigenvalue weighted by molar-refractivity contribution is 7.99. The van der Waals surface area contributed by atoms with Gasteiger partial charge in [-0.05, 0) is 30.7 Å². The Bertz CT molecular complexity index is 590. The summed E-state index contributed by atoms with van der Waals surface area (Å²) in [4.78, 5) is 11.3. The van der Waals surface area contributed by atoms with E-state index in [1.165, 1.54) is 12.8 Å². The molecule has 1 atom stereocenters. The topological polar surface area (TPSA) is 67.5 Å². The van der Waals surface area contributed by atoms with E-state index in [-0.39, 0.29) is 10.9 Å². The summed E-state index contributed by atoms with van der Waals surface area (Å²) in [6.07, 6.45) is 3.44. The number of carboxylic acids is 1. The predicted octanol–water partition coefficient (Wildman–Crippen LogP) is 2.39. The van der Waals surface area contributed by atoms with Gasteiger partial charge < -0.3 is 5.11 Å². The molecule has 0 bridgehead atoms. The molecule has 1 unspecified atom stereocenters. The lowest BCUT2D eigenvalue weighted by Gasteiger charge is -2.19. The zero-order valence-electron chi connectivity index (χ0n) is 9.74. The molecule has 3 heterocycles. The molecule has 3 rings (SSSR count). The summed E-state index contributed by atoms with van der Waals surface area (Å²) in [6, 6.07) is 5.08. The summed E-state index contributed by atoms with van der Waals surface area (Å²) in [5.41, 5.74) is 0.842. The summed E-state index contributed by atoms with van der Waals surface area (Å²) in [5.74, 6) is 0.935. The molecule has 1 N–H and O–H groups in total. The molecule has 0 aromatic carbocycles. The van der Waals surface area contributed by atoms with Crippen LogP contribution in [0.3, 0.4) is 0 Å². The molecule has 1 fully saturated rings. The number of pyridine rings is 1. The van der Waals surface area contributed by atoms with Crippen molar-refractivity contribution < 1.29 is 9.90 Å². The monoisotopic (exact) mass is 263 g/mol. The van der Waals surface area contributed by atoms with Crippen LogP contribution in [0.15, 0.2) is 18.2 Å². The molecule has 2 aromatic heterocycles. The molecule has 1 aliphatic rings. The molecule has 0 saturated carbocycles. The van der Waals surface area contributed by atoms with Gasteiger partial charge in [-0.3, -0.25) is 4.40 Å². The number of thioether (sulfide) groups is 1. The Morgan fingerprint density at radius 1 is 1.39 bits per heavy atom. The van der Waals surface area contributed by atoms with Crippen LogP contribution in [0.2, 0.25) is 0 Å². The molecule has 5 nitrogen and oxygen atoms in total. The molecule has 94 valence electrons. The van der Waals surface area contributed by atoms with Crippen molar-refractivity contribution in [1.29, 1.82) is 0 Å². The van der Waals surface area contributed by atoms with E-state index in [4.69, 9.17) is 0 Å². The average molecular weight is 263 g/mol. The fraction of sp³-hybridized carbons (Fsp3) is 0.417. The third-order valence-corrected chi connectivity index (χ3v) is 4.51. The number of aromatic nitrogens is 3. The third kappa shape index (κ3) is 1.86. The number of nitrogens with zero attached hydrogens (tertiary/aromatic N) is 3. The molecule has 0 aliphatic carbocycles. The zero-order valence-corrected chi connectivity index (χ0v) is 10.6. The van der Waals surface area contributed by atoms with Crippen LogP contribution in [0.5, 0.6) is 0 Å². The molecular weight excluding hydrogens is 250 g/mol. The van der Waals surface area contributed by atoms with Crippen molar-refractivity contribution in [1.82, 2.24) is 14.6 Å². The molecule has 0 radical (unpaired) electrons. The van der Waals surface area contributed by atoms with Gasteiger partial charge in [-0.2, -0.15) is 11.8 Å². The molecule has 1 saturated heterocycles. The van der Waals surface area contributed by atoms with Crippen LogP contribution in [-0.4, -0.2) is 31.4 Å². The molecule has 2 aromatic rings. The second-order valence-electron chi connectivity index (χ2n) is 4.32. The highest BCUT2D eigenvalue weighted by Crippen LogP contribution is 2.37. The maximum atomic E-state index is 11.3. The highest BCUT2D eigenvalue weighted by atomic mass is 32.2. The van der Waals surface area contributed by atoms with Crippen LogP contribution < -0.4 is 0 Å². The first-order chi connectivity index (χ1) is 8.77. The van der Waals surface area contributed by atoms with E-state index in [1.54, 1.807) is 22.6 Å². The number of hydrogen-bond donors (Lipinski definition) is 1. The number of carboxylic acid groups (broad SMARTS) is 1. The van der Waals surface area contributed by atoms with Crippen LogP contribution in [-0.2, 0) is 0 Å². The number of aromatic carboxylic acids is 1. The minimum atomic E-state index is -0.942. The van der Waals surface area contributed by atoms with Gasteiger partial charge in [0.1, 0.15) is 5.69 Å². The van der Waals surface area contributed by atoms with Crippen molar-refractivity contribution >= 4 is 23.4 Å². The Morgan fingerprint density at radius 3 is 3.00 bits per heavy atom. The lowest BCUT2D eigenvalue weighted by atomic mass is 10.2. The summed E-state index contributed by atoms with van der Waals surface area (Å²) < 4.78 is 1.67. The fourth-order valence-corrected chi connectivity index (χ4v) is 3.57. The molecule has 18 heavy (non-hydrogen) atoms. The maximum absolute atomic E-state index is 11.3. The van der Waals surface area contributed by atoms with E-state index in [0.29, 0.717) is 5.65 Å². The lowest BCUT2D eigenvalue weighted by molar-refractivity contribution is 0.0688. The van der Waals surface area contributed by atoms with Gasteiger partial charge in [0.05, 0.1) is 5.25 Å². The van der Waals surface area contributed by atoms with E-state index >= 15 is 0 Å². The zero-order chi connectivity index (χ0) is 12.5. The summed E-state index contributed by atoms with van der Waals surface area (Å²) in [6.45, 7) is 0. The Morgan fingerprint density at radius 2 is 2.28 bits per heavy atom. The minimum absolute atomic E-state index is 0.235. The van der Waals surface area contributed by atoms with Crippen LogP contribution in [0.1, 0.15) is 40.8 Å². The first-order valence-electron chi connectivity index (χ1n) is 5.96. The molecule has 0 amide bonds. The van der Waals surface area contributed by atoms with Crippen molar-refractivity contribution in [2.75, 3.05) is 5.75 Å². The summed E-state index contributed by atoms with van der Waals surface area (Å²) in [5, 5.41) is 17.8. The minimum Gasteiger partial charge on any atom is -0.477 e. The van der Waals surface area contributed by atoms with E-state index in [2.05, 4.69) is 10.2 Å². The average Bonchev–Trinajstić information content (AvgIpc) is 2.83. The van der Waals surface area contributed by atoms with Crippen LogP contribution in [0.25, 0.3) is 5.65 Å². The van der Waals surface area contributed by atoms with E-state index < -0.39 is 5.97 Å². The van der Waals surface area contributed by atoms with E-state index in [1.807, 2.05) is 11.8 Å². The Balaban J connectivity index is 2.14. The molecule has 0 spiro atoms. The van der Waals surface area contributed by atoms with Gasteiger partial charge in [0, 0.05) is 0 Å². The van der Waals surface area contributed by atoms with Crippen molar-refractivity contribution in [3.8, 4) is 0 Å². The quantitative estimate of drug-likeness (QED) is 0.901. The van der Waals surface area contributed by atoms with E-state index in [0.717, 1.165) is 18.0 Å². The predicted molar refractivity (Wildman–Crippen MR) is 69.0 cm³/mol. The van der Waals surface area contributed by atoms with Gasteiger partial charge in [-0.25, -0.2) is 4.79 Å². The third-order valence-electron chi connectivity index (χ3n) is 3.14. The van der Waals surface area contributed by atoms with Crippen molar-refractivity contribution in [3.63, 3.8) is 0 Å². The summed E-state index contributed by atoms with van der Waals surface area (Å²) in [7, 11) is 0. The number of hydrogen-bond acceptors (Lipinski definition) is 4. The number of rotatable bonds is 2. The van der Waals surface area contributed by atoms with Crippen molar-refractivity contribution in [2.45, 2.75) is 24.5 Å². The van der Waals surface area contributed by atoms with Gasteiger partial charge in [0.25, 0.3) is 0 Å². The number of carbonyl (C=O) groups is 1. The van der Waals surface area contributed by atoms with Crippen molar-refractivity contribution in [2.24, 2.45) is 0 Å². The largest absolute Gasteiger partial charge is 0.477 e. The SMILES string of the molecule is O=C(O)c1cccc2nnc(C3CCCCS3)n12. The van der Waals surface area contributed by atoms with Gasteiger partial charge in [0.2, 0.25) is 0 Å². The van der Waals surface area contributed by atoms with Gasteiger partial charge in [-0.1, -0.05) is 12.5 Å². The standard InChI is InChI=1S/C12H13N3O2S/c16-12(17)8-4-3-6-10-13-14-11(15(8)10)9-5-1-2-7-18-9/h3-4,6,9H,1-2,5,7H2,(H,16,17). The van der Waals surface area contributed by atoms with Crippen LogP contribution in [0, 0.1) is 0 Å². The van der Waals surface area contributed by atoms with Gasteiger partial charge in [0.15, 0.2) is 11.5 Å². The van der Waals surface area contributed by atoms with Crippen molar-refractivity contribution in [3.05, 3.63) is 29.7 Å². The number of fused-ring (bicyclic) bond motifs is 1. The first-order valence-corrected chi connectivity index (χ1v) is 7.01. The summed E-state index contributed by atoms with van der Waals surface area (Å²) >= 11 is 1.84. The fourth-order valence-electron chi connectivity index (χ4n) is 2.28. The smallest absolute Gasteiger partial charge is 0.352 e. The molecular formula is C12H13N3O2S. The Hall–Kier alpha value is -1.56. The Labute approximate surface area is 108 Å². The highest BCUT2D eigenvalue weighted by Gasteiger charge is 2.23. The Kier molecular flexibility index (Phi) is 2.95. The van der Waals surface area contributed by atoms with Gasteiger partial charge >= 0.3 is 5.97 Å². The molecule has 1 aliphatic heterocycles.